The zero-order valence-corrected chi connectivity index (χ0v) is 14.8. The second kappa shape index (κ2) is 7.58. The number of carboxylic acids is 1. The summed E-state index contributed by atoms with van der Waals surface area (Å²) < 4.78 is 31.7. The Kier molecular flexibility index (Phi) is 5.78. The Bertz CT molecular complexity index is 840. The minimum Gasteiger partial charge on any atom is -0.475 e. The van der Waals surface area contributed by atoms with E-state index in [0.717, 1.165) is 11.1 Å². The highest BCUT2D eigenvalue weighted by molar-refractivity contribution is 6.07. The number of fused-ring (bicyclic) bond motifs is 1. The van der Waals surface area contributed by atoms with Crippen molar-refractivity contribution in [2.24, 2.45) is 5.73 Å². The third kappa shape index (κ3) is 4.14. The van der Waals surface area contributed by atoms with Crippen molar-refractivity contribution in [1.29, 1.82) is 0 Å². The maximum atomic E-state index is 12.6. The molecule has 0 unspecified atom stereocenters. The molecule has 3 amide bonds. The number of aliphatic carboxylic acids is 1. The number of carboxylic acid groups (broad SMARTS) is 1. The monoisotopic (exact) mass is 401 g/mol. The number of halogens is 3. The van der Waals surface area contributed by atoms with Crippen molar-refractivity contribution in [3.8, 4) is 0 Å². The van der Waals surface area contributed by atoms with Gasteiger partial charge in [0.05, 0.1) is 0 Å². The van der Waals surface area contributed by atoms with E-state index in [1.165, 1.54) is 0 Å². The van der Waals surface area contributed by atoms with Crippen LogP contribution in [0.3, 0.4) is 0 Å². The van der Waals surface area contributed by atoms with Gasteiger partial charge in [-0.25, -0.2) is 4.79 Å². The number of hydrogen-bond donors (Lipinski definition) is 3. The van der Waals surface area contributed by atoms with E-state index in [1.54, 1.807) is 17.9 Å². The molecule has 1 atom stereocenters. The van der Waals surface area contributed by atoms with Gasteiger partial charge in [0, 0.05) is 25.1 Å². The number of hydrogen-bond acceptors (Lipinski definition) is 5. The first-order chi connectivity index (χ1) is 12.9. The lowest BCUT2D eigenvalue weighted by atomic mass is 9.89. The maximum Gasteiger partial charge on any atom is 0.490 e. The summed E-state index contributed by atoms with van der Waals surface area (Å²) >= 11 is 0. The fourth-order valence-electron chi connectivity index (χ4n) is 2.95. The predicted molar refractivity (Wildman–Crippen MR) is 88.7 cm³/mol. The number of carbonyl (C=O) groups excluding carboxylic acids is 3. The van der Waals surface area contributed by atoms with Gasteiger partial charge in [-0.05, 0) is 30.5 Å². The van der Waals surface area contributed by atoms with E-state index >= 15 is 0 Å². The molecule has 11 heteroatoms. The number of piperidine rings is 1. The predicted octanol–water partition coefficient (Wildman–Crippen LogP) is 0.930. The van der Waals surface area contributed by atoms with E-state index in [4.69, 9.17) is 15.6 Å². The normalized spacial score (nSPS) is 21.6. The summed E-state index contributed by atoms with van der Waals surface area (Å²) in [5, 5.41) is 9.45. The number of nitrogens with zero attached hydrogens (tertiary/aromatic N) is 1. The van der Waals surface area contributed by atoms with Crippen LogP contribution in [-0.2, 0) is 27.5 Å². The number of nitrogens with one attached hydrogen (secondary N) is 1. The molecule has 1 aromatic rings. The molecule has 0 aliphatic carbocycles. The highest BCUT2D eigenvalue weighted by Crippen LogP contribution is 2.34. The highest BCUT2D eigenvalue weighted by Gasteiger charge is 2.48. The summed E-state index contributed by atoms with van der Waals surface area (Å²) in [5.74, 6) is -3.61. The average Bonchev–Trinajstić information content (AvgIpc) is 2.95. The van der Waals surface area contributed by atoms with Gasteiger partial charge in [-0.1, -0.05) is 12.1 Å². The van der Waals surface area contributed by atoms with Gasteiger partial charge in [0.2, 0.25) is 5.91 Å². The van der Waals surface area contributed by atoms with Crippen LogP contribution in [0, 0.1) is 0 Å². The Morgan fingerprint density at radius 3 is 2.43 bits per heavy atom. The van der Waals surface area contributed by atoms with Crippen molar-refractivity contribution in [2.75, 3.05) is 0 Å². The second-order valence-electron chi connectivity index (χ2n) is 6.54. The Morgan fingerprint density at radius 1 is 1.32 bits per heavy atom. The van der Waals surface area contributed by atoms with Gasteiger partial charge in [0.25, 0.3) is 11.8 Å². The van der Waals surface area contributed by atoms with Crippen LogP contribution in [0.5, 0.6) is 0 Å². The molecule has 1 aromatic carbocycles. The molecule has 8 nitrogen and oxygen atoms in total. The van der Waals surface area contributed by atoms with Gasteiger partial charge in [-0.15, -0.1) is 0 Å². The van der Waals surface area contributed by atoms with E-state index in [9.17, 15) is 27.6 Å². The van der Waals surface area contributed by atoms with Crippen LogP contribution in [0.4, 0.5) is 13.2 Å². The fraction of sp³-hybridized carbons (Fsp3) is 0.412. The molecule has 28 heavy (non-hydrogen) atoms. The van der Waals surface area contributed by atoms with Crippen molar-refractivity contribution in [3.63, 3.8) is 0 Å². The third-order valence-corrected chi connectivity index (χ3v) is 4.63. The van der Waals surface area contributed by atoms with Crippen LogP contribution >= 0.6 is 0 Å². The van der Waals surface area contributed by atoms with Gasteiger partial charge < -0.3 is 15.7 Å². The summed E-state index contributed by atoms with van der Waals surface area (Å²) in [7, 11) is 0. The Balaban J connectivity index is 0.000000345. The molecule has 0 aromatic heterocycles. The smallest absolute Gasteiger partial charge is 0.475 e. The Labute approximate surface area is 157 Å². The first-order valence-corrected chi connectivity index (χ1v) is 8.18. The number of alkyl halides is 3. The lowest BCUT2D eigenvalue weighted by Gasteiger charge is -2.39. The maximum absolute atomic E-state index is 12.6. The largest absolute Gasteiger partial charge is 0.490 e. The van der Waals surface area contributed by atoms with Crippen LogP contribution in [0.15, 0.2) is 18.2 Å². The fourth-order valence-corrected chi connectivity index (χ4v) is 2.95. The topological polar surface area (TPSA) is 130 Å². The van der Waals surface area contributed by atoms with E-state index < -0.39 is 23.6 Å². The summed E-state index contributed by atoms with van der Waals surface area (Å²) in [6.07, 6.45) is -4.49. The molecule has 3 rings (SSSR count). The molecule has 152 valence electrons. The molecule has 0 saturated carbocycles. The Hall–Kier alpha value is -2.95. The molecule has 0 radical (unpaired) electrons. The number of imide groups is 1. The summed E-state index contributed by atoms with van der Waals surface area (Å²) in [4.78, 5) is 46.5. The second-order valence-corrected chi connectivity index (χ2v) is 6.54. The molecule has 2 aliphatic heterocycles. The van der Waals surface area contributed by atoms with Crippen molar-refractivity contribution < 1.29 is 37.5 Å². The quantitative estimate of drug-likeness (QED) is 0.632. The zero-order chi connectivity index (χ0) is 21.3. The molecule has 2 aliphatic rings. The first kappa shape index (κ1) is 21.4. The van der Waals surface area contributed by atoms with E-state index in [2.05, 4.69) is 5.32 Å². The van der Waals surface area contributed by atoms with Crippen molar-refractivity contribution in [3.05, 3.63) is 34.9 Å². The van der Waals surface area contributed by atoms with E-state index in [-0.39, 0.29) is 18.2 Å². The highest BCUT2D eigenvalue weighted by atomic mass is 19.4. The van der Waals surface area contributed by atoms with Gasteiger partial charge in [0.1, 0.15) is 5.54 Å². The molecule has 0 spiro atoms. The lowest BCUT2D eigenvalue weighted by molar-refractivity contribution is -0.192. The summed E-state index contributed by atoms with van der Waals surface area (Å²) in [6.45, 7) is 2.50. The molecule has 2 heterocycles. The number of benzene rings is 1. The molecular formula is C17H18F3N3O5. The van der Waals surface area contributed by atoms with Crippen molar-refractivity contribution in [2.45, 2.75) is 44.6 Å². The molecule has 1 saturated heterocycles. The van der Waals surface area contributed by atoms with Gasteiger partial charge in [-0.2, -0.15) is 13.2 Å². The van der Waals surface area contributed by atoms with Gasteiger partial charge in [0.15, 0.2) is 0 Å². The molecule has 1 fully saturated rings. The van der Waals surface area contributed by atoms with Gasteiger partial charge in [-0.3, -0.25) is 19.7 Å². The minimum absolute atomic E-state index is 0.166. The van der Waals surface area contributed by atoms with Crippen LogP contribution in [0.1, 0.15) is 41.3 Å². The lowest BCUT2D eigenvalue weighted by Crippen LogP contribution is -2.61. The van der Waals surface area contributed by atoms with Crippen molar-refractivity contribution in [1.82, 2.24) is 10.2 Å². The minimum atomic E-state index is -5.08. The summed E-state index contributed by atoms with van der Waals surface area (Å²) in [6, 6.07) is 5.49. The molecular weight excluding hydrogens is 383 g/mol. The third-order valence-electron chi connectivity index (χ3n) is 4.63. The first-order valence-electron chi connectivity index (χ1n) is 8.18. The van der Waals surface area contributed by atoms with E-state index in [1.807, 2.05) is 12.1 Å². The number of rotatable bonds is 2. The number of nitrogens with two attached hydrogens (primary N) is 1. The van der Waals surface area contributed by atoms with Crippen molar-refractivity contribution >= 4 is 23.7 Å². The standard InChI is InChI=1S/C15H17N3O3.C2HF3O2/c1-15(5-4-12(19)17-14(15)21)18-8-10-6-9(7-16)2-3-11(10)13(18)20;3-2(4,5)1(6)7/h2-3,6H,4-5,7-8,16H2,1H3,(H,17,19,21);(H,6,7)/t15-;/m1./s1. The van der Waals surface area contributed by atoms with Crippen LogP contribution in [-0.4, -0.2) is 45.4 Å². The molecule has 0 bridgehead atoms. The van der Waals surface area contributed by atoms with E-state index in [0.29, 0.717) is 25.1 Å². The number of carbonyl (C=O) groups is 4. The van der Waals surface area contributed by atoms with Crippen LogP contribution in [0.25, 0.3) is 0 Å². The SMILES string of the molecule is C[C@@]1(N2Cc3cc(CN)ccc3C2=O)CCC(=O)NC1=O.O=C(O)C(F)(F)F. The summed E-state index contributed by atoms with van der Waals surface area (Å²) in [5.41, 5.74) is 7.09. The zero-order valence-electron chi connectivity index (χ0n) is 14.8. The van der Waals surface area contributed by atoms with Gasteiger partial charge >= 0.3 is 12.1 Å². The average molecular weight is 401 g/mol. The van der Waals surface area contributed by atoms with Crippen LogP contribution in [0.2, 0.25) is 0 Å². The molecule has 4 N–H and O–H groups in total. The number of amides is 3. The Morgan fingerprint density at radius 2 is 1.93 bits per heavy atom. The van der Waals surface area contributed by atoms with Crippen LogP contribution < -0.4 is 11.1 Å².